The van der Waals surface area contributed by atoms with Gasteiger partial charge in [-0.15, -0.1) is 0 Å². The number of hydrogen-bond donors (Lipinski definition) is 2. The van der Waals surface area contributed by atoms with E-state index in [0.29, 0.717) is 5.56 Å². The molecule has 0 aliphatic carbocycles. The van der Waals surface area contributed by atoms with Gasteiger partial charge in [0.1, 0.15) is 29.3 Å². The van der Waals surface area contributed by atoms with E-state index in [-0.39, 0.29) is 29.5 Å². The van der Waals surface area contributed by atoms with Crippen LogP contribution in [0, 0.1) is 0 Å². The first-order chi connectivity index (χ1) is 20.1. The van der Waals surface area contributed by atoms with Crippen molar-refractivity contribution in [3.63, 3.8) is 0 Å². The topological polar surface area (TPSA) is 66.8 Å². The van der Waals surface area contributed by atoms with Gasteiger partial charge in [-0.3, -0.25) is 4.79 Å². The van der Waals surface area contributed by atoms with Gasteiger partial charge in [0, 0.05) is 0 Å². The number of rotatable bonds is 8. The lowest BCUT2D eigenvalue weighted by molar-refractivity contribution is 0.0841. The van der Waals surface area contributed by atoms with Crippen LogP contribution in [0.5, 0.6) is 17.2 Å². The fraction of sp³-hybridized carbons (Fsp3) is 0.139. The molecule has 1 heterocycles. The molecular formula is C36H32O4P+. The number of Topliss-reactive ketones (excluding diaryl/α,β-unsaturated/α-hetero) is 1. The summed E-state index contributed by atoms with van der Waals surface area (Å²) in [5.74, 6) is -0.746. The maximum atomic E-state index is 12.7. The summed E-state index contributed by atoms with van der Waals surface area (Å²) in [5, 5.41) is 24.3. The highest BCUT2D eigenvalue weighted by Crippen LogP contribution is 2.56. The van der Waals surface area contributed by atoms with Crippen LogP contribution >= 0.6 is 7.26 Å². The molecule has 0 bridgehead atoms. The van der Waals surface area contributed by atoms with Gasteiger partial charge < -0.3 is 14.9 Å². The zero-order chi connectivity index (χ0) is 28.2. The molecule has 1 aliphatic rings. The van der Waals surface area contributed by atoms with Crippen molar-refractivity contribution in [2.45, 2.75) is 25.4 Å². The quantitative estimate of drug-likeness (QED) is 0.163. The summed E-state index contributed by atoms with van der Waals surface area (Å²) in [6.07, 6.45) is 2.67. The summed E-state index contributed by atoms with van der Waals surface area (Å²) < 4.78 is 5.99. The van der Waals surface area contributed by atoms with E-state index in [1.54, 1.807) is 0 Å². The number of phenolic OH excluding ortho intramolecular Hbond substituents is 2. The van der Waals surface area contributed by atoms with Gasteiger partial charge in [-0.2, -0.15) is 0 Å². The number of ether oxygens (including phenoxy) is 1. The minimum absolute atomic E-state index is 0.0540. The van der Waals surface area contributed by atoms with Crippen molar-refractivity contribution in [3.05, 3.63) is 144 Å². The third-order valence-electron chi connectivity index (χ3n) is 7.94. The van der Waals surface area contributed by atoms with Gasteiger partial charge in [0.05, 0.1) is 18.1 Å². The van der Waals surface area contributed by atoms with Gasteiger partial charge in [-0.05, 0) is 72.5 Å². The van der Waals surface area contributed by atoms with Gasteiger partial charge in [0.25, 0.3) is 0 Å². The molecule has 5 aromatic rings. The second-order valence-corrected chi connectivity index (χ2v) is 14.0. The Morgan fingerprint density at radius 2 is 1.22 bits per heavy atom. The first kappa shape index (κ1) is 26.8. The first-order valence-electron chi connectivity index (χ1n) is 13.9. The van der Waals surface area contributed by atoms with E-state index in [9.17, 15) is 15.0 Å². The van der Waals surface area contributed by atoms with Gasteiger partial charge in [-0.1, -0.05) is 78.9 Å². The van der Waals surface area contributed by atoms with Gasteiger partial charge >= 0.3 is 0 Å². The highest BCUT2D eigenvalue weighted by Gasteiger charge is 2.44. The van der Waals surface area contributed by atoms with Crippen LogP contribution in [-0.2, 0) is 6.42 Å². The molecule has 2 N–H and O–H groups in total. The fourth-order valence-electron chi connectivity index (χ4n) is 5.85. The number of phenols is 2. The molecule has 0 saturated carbocycles. The molecule has 0 saturated heterocycles. The molecule has 1 unspecified atom stereocenters. The van der Waals surface area contributed by atoms with Crippen molar-refractivity contribution in [3.8, 4) is 17.2 Å². The highest BCUT2D eigenvalue weighted by molar-refractivity contribution is 7.95. The minimum Gasteiger partial charge on any atom is -0.504 e. The molecule has 5 aromatic carbocycles. The van der Waals surface area contributed by atoms with Crippen molar-refractivity contribution in [2.75, 3.05) is 6.16 Å². The molecule has 0 fully saturated rings. The molecule has 1 atom stereocenters. The summed E-state index contributed by atoms with van der Waals surface area (Å²) in [6.45, 7) is 0. The molecule has 6 rings (SSSR count). The molecule has 0 aromatic heterocycles. The molecule has 204 valence electrons. The number of carbonyl (C=O) groups excluding carboxylic acids is 1. The summed E-state index contributed by atoms with van der Waals surface area (Å²) >= 11 is 0. The zero-order valence-electron chi connectivity index (χ0n) is 22.7. The Morgan fingerprint density at radius 1 is 0.683 bits per heavy atom. The number of benzene rings is 5. The van der Waals surface area contributed by atoms with Crippen LogP contribution < -0.4 is 20.7 Å². The number of fused-ring (bicyclic) bond motifs is 1. The molecule has 5 heteroatoms. The minimum atomic E-state index is -1.87. The average molecular weight is 560 g/mol. The number of aromatic hydroxyl groups is 2. The Balaban J connectivity index is 1.23. The number of carbonyl (C=O) groups is 1. The fourth-order valence-corrected chi connectivity index (χ4v) is 10.2. The third kappa shape index (κ3) is 5.24. The van der Waals surface area contributed by atoms with E-state index < -0.39 is 13.4 Å². The molecule has 1 aliphatic heterocycles. The summed E-state index contributed by atoms with van der Waals surface area (Å²) in [4.78, 5) is 12.7. The Bertz CT molecular complexity index is 1540. The standard InChI is InChI=1S/C36H31O4P/c37-32-23-22-31-33(38)25-34(40-36(31)35(32)39)27-20-18-26(19-21-27)11-10-24-41(28-12-4-1-5-13-28,29-14-6-2-7-15-29)30-16-8-3-9-17-30/h1-9,12-23,34H,10-11,24-25H2,(H-,37,38,39)/p+1. The Morgan fingerprint density at radius 3 is 1.76 bits per heavy atom. The van der Waals surface area contributed by atoms with Crippen molar-refractivity contribution >= 4 is 29.0 Å². The van der Waals surface area contributed by atoms with E-state index in [1.165, 1.54) is 33.6 Å². The predicted octanol–water partition coefficient (Wildman–Crippen LogP) is 6.73. The predicted molar refractivity (Wildman–Crippen MR) is 167 cm³/mol. The second-order valence-electron chi connectivity index (χ2n) is 10.4. The zero-order valence-corrected chi connectivity index (χ0v) is 23.6. The van der Waals surface area contributed by atoms with Gasteiger partial charge in [0.2, 0.25) is 5.75 Å². The normalized spacial score (nSPS) is 14.7. The molecular weight excluding hydrogens is 527 g/mol. The molecule has 0 radical (unpaired) electrons. The van der Waals surface area contributed by atoms with Gasteiger partial charge in [0.15, 0.2) is 17.3 Å². The molecule has 41 heavy (non-hydrogen) atoms. The summed E-state index contributed by atoms with van der Waals surface area (Å²) in [6, 6.07) is 43.8. The van der Waals surface area contributed by atoms with E-state index in [0.717, 1.165) is 24.6 Å². The smallest absolute Gasteiger partial charge is 0.201 e. The van der Waals surface area contributed by atoms with Crippen LogP contribution in [0.15, 0.2) is 127 Å². The number of ketones is 1. The van der Waals surface area contributed by atoms with Crippen LogP contribution in [-0.4, -0.2) is 22.2 Å². The molecule has 0 spiro atoms. The third-order valence-corrected chi connectivity index (χ3v) is 12.5. The second kappa shape index (κ2) is 11.6. The van der Waals surface area contributed by atoms with Crippen LogP contribution in [0.3, 0.4) is 0 Å². The van der Waals surface area contributed by atoms with E-state index >= 15 is 0 Å². The van der Waals surface area contributed by atoms with E-state index in [2.05, 4.69) is 103 Å². The SMILES string of the molecule is O=C1CC(c2ccc(CCC[P+](c3ccccc3)(c3ccccc3)c3ccccc3)cc2)Oc2c1ccc(O)c2O. The van der Waals surface area contributed by atoms with E-state index in [1.807, 2.05) is 12.1 Å². The van der Waals surface area contributed by atoms with Crippen molar-refractivity contribution in [2.24, 2.45) is 0 Å². The first-order valence-corrected chi connectivity index (χ1v) is 15.9. The maximum absolute atomic E-state index is 12.7. The van der Waals surface area contributed by atoms with Crippen molar-refractivity contribution in [1.82, 2.24) is 0 Å². The van der Waals surface area contributed by atoms with Crippen molar-refractivity contribution < 1.29 is 19.7 Å². The number of hydrogen-bond acceptors (Lipinski definition) is 4. The van der Waals surface area contributed by atoms with Gasteiger partial charge in [-0.25, -0.2) is 0 Å². The largest absolute Gasteiger partial charge is 0.504 e. The van der Waals surface area contributed by atoms with Crippen LogP contribution in [0.4, 0.5) is 0 Å². The maximum Gasteiger partial charge on any atom is 0.201 e. The monoisotopic (exact) mass is 559 g/mol. The highest BCUT2D eigenvalue weighted by atomic mass is 31.2. The molecule has 4 nitrogen and oxygen atoms in total. The lowest BCUT2D eigenvalue weighted by Crippen LogP contribution is -2.33. The lowest BCUT2D eigenvalue weighted by Gasteiger charge is -2.28. The average Bonchev–Trinajstić information content (AvgIpc) is 3.03. The summed E-state index contributed by atoms with van der Waals surface area (Å²) in [7, 11) is -1.87. The Hall–Kier alpha value is -4.40. The summed E-state index contributed by atoms with van der Waals surface area (Å²) in [5.41, 5.74) is 2.40. The molecule has 0 amide bonds. The van der Waals surface area contributed by atoms with E-state index in [4.69, 9.17) is 4.74 Å². The van der Waals surface area contributed by atoms with Crippen molar-refractivity contribution in [1.29, 1.82) is 0 Å². The number of aryl methyl sites for hydroxylation is 1. The lowest BCUT2D eigenvalue weighted by atomic mass is 9.95. The van der Waals surface area contributed by atoms with Crippen LogP contribution in [0.1, 0.15) is 40.4 Å². The van der Waals surface area contributed by atoms with Crippen LogP contribution in [0.25, 0.3) is 0 Å². The van der Waals surface area contributed by atoms with Crippen LogP contribution in [0.2, 0.25) is 0 Å². The Labute approximate surface area is 241 Å². The Kier molecular flexibility index (Phi) is 7.59.